The van der Waals surface area contributed by atoms with Crippen LogP contribution in [0.2, 0.25) is 0 Å². The number of nitrogens with zero attached hydrogens (tertiary/aromatic N) is 1. The first kappa shape index (κ1) is 21.7. The van der Waals surface area contributed by atoms with Crippen LogP contribution in [0.3, 0.4) is 0 Å². The molecule has 0 aliphatic rings. The molecule has 0 unspecified atom stereocenters. The summed E-state index contributed by atoms with van der Waals surface area (Å²) < 4.78 is 0. The average Bonchev–Trinajstić information content (AvgIpc) is 2.90. The normalized spacial score (nSPS) is 12.2. The van der Waals surface area contributed by atoms with Crippen LogP contribution in [0.1, 0.15) is 15.9 Å². The van der Waals surface area contributed by atoms with Gasteiger partial charge < -0.3 is 10.4 Å². The quantitative estimate of drug-likeness (QED) is 0.298. The van der Waals surface area contributed by atoms with E-state index < -0.39 is 17.9 Å². The monoisotopic (exact) mass is 470 g/mol. The molecule has 0 saturated carbocycles. The predicted octanol–water partition coefficient (Wildman–Crippen LogP) is 6.12. The second kappa shape index (κ2) is 8.78. The highest BCUT2D eigenvalue weighted by atomic mass is 16.4. The summed E-state index contributed by atoms with van der Waals surface area (Å²) in [6.45, 7) is 0. The van der Waals surface area contributed by atoms with Crippen LogP contribution in [-0.2, 0) is 11.2 Å². The topological polar surface area (TPSA) is 79.3 Å². The Balaban J connectivity index is 1.46. The zero-order chi connectivity index (χ0) is 24.6. The summed E-state index contributed by atoms with van der Waals surface area (Å²) in [6.07, 6.45) is 0.157. The first-order valence-electron chi connectivity index (χ1n) is 11.8. The predicted molar refractivity (Wildman–Crippen MR) is 143 cm³/mol. The molecule has 0 aliphatic carbocycles. The van der Waals surface area contributed by atoms with E-state index in [0.717, 1.165) is 27.1 Å². The van der Waals surface area contributed by atoms with Gasteiger partial charge in [0.2, 0.25) is 0 Å². The molecule has 5 heteroatoms. The maximum atomic E-state index is 13.7. The second-order valence-corrected chi connectivity index (χ2v) is 8.89. The molecule has 0 spiro atoms. The molecule has 0 aliphatic heterocycles. The summed E-state index contributed by atoms with van der Waals surface area (Å²) in [7, 11) is 0. The highest BCUT2D eigenvalue weighted by Gasteiger charge is 2.25. The van der Waals surface area contributed by atoms with Crippen molar-refractivity contribution >= 4 is 55.2 Å². The number of carbonyl (C=O) groups is 2. The lowest BCUT2D eigenvalue weighted by atomic mass is 9.92. The molecular formula is C31H22N2O3. The first-order valence-corrected chi connectivity index (χ1v) is 11.8. The number of carboxylic acid groups (broad SMARTS) is 1. The van der Waals surface area contributed by atoms with Crippen LogP contribution in [-0.4, -0.2) is 28.0 Å². The summed E-state index contributed by atoms with van der Waals surface area (Å²) in [5.41, 5.74) is 2.72. The minimum atomic E-state index is -1.11. The van der Waals surface area contributed by atoms with Gasteiger partial charge >= 0.3 is 5.97 Å². The molecule has 0 fully saturated rings. The average molecular weight is 471 g/mol. The van der Waals surface area contributed by atoms with Crippen LogP contribution in [0, 0.1) is 0 Å². The smallest absolute Gasteiger partial charge is 0.326 e. The minimum Gasteiger partial charge on any atom is -0.480 e. The number of hydrogen-bond donors (Lipinski definition) is 2. The van der Waals surface area contributed by atoms with Crippen molar-refractivity contribution in [3.63, 3.8) is 0 Å². The van der Waals surface area contributed by atoms with E-state index in [1.54, 1.807) is 0 Å². The Hall–Kier alpha value is -4.77. The molecule has 5 nitrogen and oxygen atoms in total. The molecule has 0 radical (unpaired) electrons. The maximum Gasteiger partial charge on any atom is 0.326 e. The summed E-state index contributed by atoms with van der Waals surface area (Å²) in [5.74, 6) is -1.51. The molecule has 0 saturated heterocycles. The number of hydrogen-bond acceptors (Lipinski definition) is 3. The van der Waals surface area contributed by atoms with Gasteiger partial charge in [-0.15, -0.1) is 0 Å². The molecule has 6 rings (SSSR count). The molecule has 2 N–H and O–H groups in total. The van der Waals surface area contributed by atoms with Gasteiger partial charge in [0.1, 0.15) is 6.04 Å². The Morgan fingerprint density at radius 3 is 1.69 bits per heavy atom. The first-order chi connectivity index (χ1) is 17.6. The number of para-hydroxylation sites is 2. The van der Waals surface area contributed by atoms with Gasteiger partial charge in [-0.05, 0) is 45.3 Å². The number of carboxylic acids is 1. The Morgan fingerprint density at radius 2 is 1.17 bits per heavy atom. The number of aromatic nitrogens is 1. The van der Waals surface area contributed by atoms with Crippen LogP contribution in [0.25, 0.3) is 43.4 Å². The van der Waals surface area contributed by atoms with Gasteiger partial charge in [0.15, 0.2) is 0 Å². The van der Waals surface area contributed by atoms with Gasteiger partial charge in [-0.2, -0.15) is 0 Å². The van der Waals surface area contributed by atoms with Crippen molar-refractivity contribution < 1.29 is 14.7 Å². The third-order valence-electron chi connectivity index (χ3n) is 6.71. The van der Waals surface area contributed by atoms with Crippen LogP contribution >= 0.6 is 0 Å². The molecular weight excluding hydrogens is 448 g/mol. The van der Waals surface area contributed by atoms with Gasteiger partial charge in [0.05, 0.1) is 16.6 Å². The third kappa shape index (κ3) is 3.71. The van der Waals surface area contributed by atoms with Crippen LogP contribution in [0.15, 0.2) is 103 Å². The van der Waals surface area contributed by atoms with Crippen molar-refractivity contribution in [1.82, 2.24) is 10.3 Å². The van der Waals surface area contributed by atoms with Gasteiger partial charge in [-0.3, -0.25) is 4.79 Å². The summed E-state index contributed by atoms with van der Waals surface area (Å²) in [6, 6.07) is 31.7. The van der Waals surface area contributed by atoms with Crippen molar-refractivity contribution in [2.45, 2.75) is 12.5 Å². The standard InChI is InChI=1S/C31H22N2O3/c34-30(29-23-13-5-7-15-26(23)32-27-16-8-6-14-24(27)29)33-28(31(35)36)18-25-21-11-3-1-9-19(21)17-20-10-2-4-12-22(20)25/h1-17,28H,18H2,(H,33,34)(H,35,36)/t28-/m0/s1. The zero-order valence-electron chi connectivity index (χ0n) is 19.3. The molecule has 0 bridgehead atoms. The van der Waals surface area contributed by atoms with E-state index in [2.05, 4.69) is 16.4 Å². The summed E-state index contributed by atoms with van der Waals surface area (Å²) in [5, 5.41) is 18.4. The van der Waals surface area contributed by atoms with Crippen molar-refractivity contribution in [2.75, 3.05) is 0 Å². The Kier molecular flexibility index (Phi) is 5.30. The van der Waals surface area contributed by atoms with Gasteiger partial charge in [-0.25, -0.2) is 9.78 Å². The third-order valence-corrected chi connectivity index (χ3v) is 6.71. The van der Waals surface area contributed by atoms with Crippen LogP contribution < -0.4 is 5.32 Å². The number of fused-ring (bicyclic) bond motifs is 4. The van der Waals surface area contributed by atoms with Crippen molar-refractivity contribution in [1.29, 1.82) is 0 Å². The summed E-state index contributed by atoms with van der Waals surface area (Å²) >= 11 is 0. The van der Waals surface area contributed by atoms with E-state index in [4.69, 9.17) is 0 Å². The number of pyridine rings is 1. The van der Waals surface area contributed by atoms with Crippen molar-refractivity contribution in [3.05, 3.63) is 114 Å². The van der Waals surface area contributed by atoms with E-state index in [1.807, 2.05) is 97.1 Å². The lowest BCUT2D eigenvalue weighted by Gasteiger charge is -2.19. The molecule has 1 aromatic heterocycles. The van der Waals surface area contributed by atoms with E-state index in [1.165, 1.54) is 0 Å². The van der Waals surface area contributed by atoms with Crippen LogP contribution in [0.4, 0.5) is 0 Å². The van der Waals surface area contributed by atoms with E-state index in [-0.39, 0.29) is 6.42 Å². The molecule has 5 aromatic carbocycles. The Morgan fingerprint density at radius 1 is 0.694 bits per heavy atom. The Labute approximate surface area is 207 Å². The molecule has 1 amide bonds. The minimum absolute atomic E-state index is 0.157. The number of aliphatic carboxylic acids is 1. The number of amides is 1. The molecule has 6 aromatic rings. The van der Waals surface area contributed by atoms with Gasteiger partial charge in [0, 0.05) is 17.2 Å². The van der Waals surface area contributed by atoms with Crippen molar-refractivity contribution in [3.8, 4) is 0 Å². The van der Waals surface area contributed by atoms with Gasteiger partial charge in [-0.1, -0.05) is 84.9 Å². The largest absolute Gasteiger partial charge is 0.480 e. The fourth-order valence-electron chi connectivity index (χ4n) is 5.05. The summed E-state index contributed by atoms with van der Waals surface area (Å²) in [4.78, 5) is 30.8. The molecule has 174 valence electrons. The number of nitrogens with one attached hydrogen (secondary N) is 1. The lowest BCUT2D eigenvalue weighted by molar-refractivity contribution is -0.139. The molecule has 1 atom stereocenters. The highest BCUT2D eigenvalue weighted by Crippen LogP contribution is 2.30. The van der Waals surface area contributed by atoms with Crippen molar-refractivity contribution in [2.24, 2.45) is 0 Å². The molecule has 36 heavy (non-hydrogen) atoms. The maximum absolute atomic E-state index is 13.7. The van der Waals surface area contributed by atoms with E-state index in [0.29, 0.717) is 27.4 Å². The van der Waals surface area contributed by atoms with Crippen LogP contribution in [0.5, 0.6) is 0 Å². The van der Waals surface area contributed by atoms with Gasteiger partial charge in [0.25, 0.3) is 5.91 Å². The Bertz CT molecular complexity index is 1700. The van der Waals surface area contributed by atoms with E-state index in [9.17, 15) is 14.7 Å². The zero-order valence-corrected chi connectivity index (χ0v) is 19.3. The lowest BCUT2D eigenvalue weighted by Crippen LogP contribution is -2.42. The SMILES string of the molecule is O=C(N[C@@H](Cc1c2ccccc2cc2ccccc12)C(=O)O)c1c2ccccc2nc2ccccc12. The highest BCUT2D eigenvalue weighted by molar-refractivity contribution is 6.16. The molecule has 1 heterocycles. The number of benzene rings is 5. The number of carbonyl (C=O) groups excluding carboxylic acids is 1. The fraction of sp³-hybridized carbons (Fsp3) is 0.0645. The fourth-order valence-corrected chi connectivity index (χ4v) is 5.05. The van der Waals surface area contributed by atoms with E-state index >= 15 is 0 Å². The second-order valence-electron chi connectivity index (χ2n) is 8.89. The number of rotatable bonds is 5.